The highest BCUT2D eigenvalue weighted by atomic mass is 16.5. The first-order valence-corrected chi connectivity index (χ1v) is 6.96. The van der Waals surface area contributed by atoms with Gasteiger partial charge in [-0.05, 0) is 37.6 Å². The summed E-state index contributed by atoms with van der Waals surface area (Å²) < 4.78 is 11.5. The second-order valence-electron chi connectivity index (χ2n) is 5.23. The van der Waals surface area contributed by atoms with Gasteiger partial charge in [0.2, 0.25) is 5.89 Å². The van der Waals surface area contributed by atoms with Gasteiger partial charge in [-0.15, -0.1) is 0 Å². The fourth-order valence-electron chi connectivity index (χ4n) is 2.54. The minimum atomic E-state index is 0.222. The van der Waals surface area contributed by atoms with Crippen LogP contribution in [-0.2, 0) is 4.74 Å². The van der Waals surface area contributed by atoms with Gasteiger partial charge >= 0.3 is 0 Å². The van der Waals surface area contributed by atoms with Crippen molar-refractivity contribution >= 4 is 11.1 Å². The van der Waals surface area contributed by atoms with Gasteiger partial charge < -0.3 is 14.5 Å². The Morgan fingerprint density at radius 3 is 3.11 bits per heavy atom. The Balaban J connectivity index is 1.86. The van der Waals surface area contributed by atoms with E-state index < -0.39 is 0 Å². The smallest absolute Gasteiger partial charge is 0.202 e. The molecule has 1 aliphatic heterocycles. The number of nitrogens with zero attached hydrogens (tertiary/aromatic N) is 1. The number of aromatic nitrogens is 1. The van der Waals surface area contributed by atoms with Crippen molar-refractivity contribution in [3.05, 3.63) is 29.7 Å². The van der Waals surface area contributed by atoms with Crippen molar-refractivity contribution in [2.45, 2.75) is 32.2 Å². The highest BCUT2D eigenvalue weighted by Gasteiger charge is 2.32. The number of aryl methyl sites for hydroxylation is 1. The number of oxazole rings is 1. The number of fused-ring (bicyclic) bond motifs is 1. The summed E-state index contributed by atoms with van der Waals surface area (Å²) in [6.45, 7) is 6.66. The van der Waals surface area contributed by atoms with E-state index in [2.05, 4.69) is 36.3 Å². The second kappa shape index (κ2) is 5.31. The lowest BCUT2D eigenvalue weighted by Gasteiger charge is -2.15. The predicted octanol–water partition coefficient (Wildman–Crippen LogP) is 2.62. The average molecular weight is 260 g/mol. The van der Waals surface area contributed by atoms with Gasteiger partial charge in [-0.2, -0.15) is 0 Å². The molecule has 2 unspecified atom stereocenters. The van der Waals surface area contributed by atoms with Crippen LogP contribution in [0.15, 0.2) is 22.6 Å². The molecule has 4 nitrogen and oxygen atoms in total. The van der Waals surface area contributed by atoms with Crippen molar-refractivity contribution in [2.24, 2.45) is 0 Å². The molecule has 1 saturated heterocycles. The standard InChI is InChI=1S/C15H20N2O2/c1-3-6-16-13-9-18-8-11(13)15-17-12-7-10(2)4-5-14(12)19-15/h4-5,7,11,13,16H,3,6,8-9H2,1-2H3. The minimum Gasteiger partial charge on any atom is -0.440 e. The van der Waals surface area contributed by atoms with Gasteiger partial charge in [0.05, 0.1) is 19.1 Å². The number of hydrogen-bond donors (Lipinski definition) is 1. The molecule has 0 radical (unpaired) electrons. The minimum absolute atomic E-state index is 0.222. The summed E-state index contributed by atoms with van der Waals surface area (Å²) in [6.07, 6.45) is 1.12. The first-order chi connectivity index (χ1) is 9.28. The fraction of sp³-hybridized carbons (Fsp3) is 0.533. The van der Waals surface area contributed by atoms with Gasteiger partial charge in [0.25, 0.3) is 0 Å². The van der Waals surface area contributed by atoms with Crippen molar-refractivity contribution in [2.75, 3.05) is 19.8 Å². The summed E-state index contributed by atoms with van der Waals surface area (Å²) in [7, 11) is 0. The van der Waals surface area contributed by atoms with Crippen LogP contribution in [0.5, 0.6) is 0 Å². The second-order valence-corrected chi connectivity index (χ2v) is 5.23. The fourth-order valence-corrected chi connectivity index (χ4v) is 2.54. The SMILES string of the molecule is CCCNC1COCC1c1nc2cc(C)ccc2o1. The number of benzene rings is 1. The Morgan fingerprint density at radius 2 is 2.26 bits per heavy atom. The van der Waals surface area contributed by atoms with Crippen LogP contribution in [0.1, 0.15) is 30.7 Å². The zero-order valence-corrected chi connectivity index (χ0v) is 11.5. The summed E-state index contributed by atoms with van der Waals surface area (Å²) in [5, 5.41) is 3.51. The van der Waals surface area contributed by atoms with E-state index >= 15 is 0 Å². The third-order valence-corrected chi connectivity index (χ3v) is 3.61. The van der Waals surface area contributed by atoms with Gasteiger partial charge in [0, 0.05) is 6.04 Å². The maximum absolute atomic E-state index is 5.89. The number of hydrogen-bond acceptors (Lipinski definition) is 4. The Kier molecular flexibility index (Phi) is 3.53. The first kappa shape index (κ1) is 12.6. The van der Waals surface area contributed by atoms with Gasteiger partial charge in [0.1, 0.15) is 5.52 Å². The maximum atomic E-state index is 5.89. The van der Waals surface area contributed by atoms with E-state index in [1.807, 2.05) is 6.07 Å². The van der Waals surface area contributed by atoms with Gasteiger partial charge in [0.15, 0.2) is 5.58 Å². The van der Waals surface area contributed by atoms with Crippen LogP contribution in [0.25, 0.3) is 11.1 Å². The molecule has 0 amide bonds. The molecule has 0 aliphatic carbocycles. The summed E-state index contributed by atoms with van der Waals surface area (Å²) >= 11 is 0. The van der Waals surface area contributed by atoms with Crippen molar-refractivity contribution in [1.29, 1.82) is 0 Å². The molecule has 0 spiro atoms. The Labute approximate surface area is 113 Å². The van der Waals surface area contributed by atoms with E-state index in [-0.39, 0.29) is 5.92 Å². The molecule has 2 heterocycles. The summed E-state index contributed by atoms with van der Waals surface area (Å²) in [6, 6.07) is 6.42. The molecule has 19 heavy (non-hydrogen) atoms. The van der Waals surface area contributed by atoms with Crippen molar-refractivity contribution in [3.63, 3.8) is 0 Å². The number of nitrogens with one attached hydrogen (secondary N) is 1. The molecule has 102 valence electrons. The molecule has 1 N–H and O–H groups in total. The van der Waals surface area contributed by atoms with E-state index in [1.165, 1.54) is 5.56 Å². The molecule has 1 aliphatic rings. The van der Waals surface area contributed by atoms with Crippen LogP contribution in [0.3, 0.4) is 0 Å². The summed E-state index contributed by atoms with van der Waals surface area (Å²) in [5.74, 6) is 1.02. The summed E-state index contributed by atoms with van der Waals surface area (Å²) in [5.41, 5.74) is 3.01. The van der Waals surface area contributed by atoms with Crippen molar-refractivity contribution in [3.8, 4) is 0 Å². The largest absolute Gasteiger partial charge is 0.440 e. The lowest BCUT2D eigenvalue weighted by molar-refractivity contribution is 0.186. The van der Waals surface area contributed by atoms with Gasteiger partial charge in [-0.3, -0.25) is 0 Å². The Bertz CT molecular complexity index is 564. The van der Waals surface area contributed by atoms with Crippen LogP contribution in [0.2, 0.25) is 0 Å². The van der Waals surface area contributed by atoms with E-state index in [9.17, 15) is 0 Å². The molecule has 1 aromatic heterocycles. The maximum Gasteiger partial charge on any atom is 0.202 e. The van der Waals surface area contributed by atoms with Crippen LogP contribution in [-0.4, -0.2) is 30.8 Å². The molecule has 4 heteroatoms. The Hall–Kier alpha value is -1.39. The molecular formula is C15H20N2O2. The number of ether oxygens (including phenoxy) is 1. The molecular weight excluding hydrogens is 240 g/mol. The third-order valence-electron chi connectivity index (χ3n) is 3.61. The number of rotatable bonds is 4. The van der Waals surface area contributed by atoms with Crippen LogP contribution in [0.4, 0.5) is 0 Å². The molecule has 1 aromatic carbocycles. The third kappa shape index (κ3) is 2.51. The zero-order valence-electron chi connectivity index (χ0n) is 11.5. The Morgan fingerprint density at radius 1 is 1.37 bits per heavy atom. The van der Waals surface area contributed by atoms with E-state index in [1.54, 1.807) is 0 Å². The highest BCUT2D eigenvalue weighted by Crippen LogP contribution is 2.28. The monoisotopic (exact) mass is 260 g/mol. The molecule has 2 atom stereocenters. The van der Waals surface area contributed by atoms with E-state index in [4.69, 9.17) is 9.15 Å². The first-order valence-electron chi connectivity index (χ1n) is 6.96. The van der Waals surface area contributed by atoms with Crippen molar-refractivity contribution in [1.82, 2.24) is 10.3 Å². The zero-order chi connectivity index (χ0) is 13.2. The highest BCUT2D eigenvalue weighted by molar-refractivity contribution is 5.73. The van der Waals surface area contributed by atoms with E-state index in [0.717, 1.165) is 36.6 Å². The topological polar surface area (TPSA) is 47.3 Å². The van der Waals surface area contributed by atoms with Crippen LogP contribution in [0, 0.1) is 6.92 Å². The van der Waals surface area contributed by atoms with Crippen LogP contribution >= 0.6 is 0 Å². The lowest BCUT2D eigenvalue weighted by Crippen LogP contribution is -2.34. The van der Waals surface area contributed by atoms with Gasteiger partial charge in [-0.25, -0.2) is 4.98 Å². The molecule has 0 saturated carbocycles. The quantitative estimate of drug-likeness (QED) is 0.918. The molecule has 3 rings (SSSR count). The summed E-state index contributed by atoms with van der Waals surface area (Å²) in [4.78, 5) is 4.63. The average Bonchev–Trinajstić information content (AvgIpc) is 3.01. The van der Waals surface area contributed by atoms with Crippen molar-refractivity contribution < 1.29 is 9.15 Å². The molecule has 0 bridgehead atoms. The predicted molar refractivity (Wildman–Crippen MR) is 74.4 cm³/mol. The van der Waals surface area contributed by atoms with Crippen LogP contribution < -0.4 is 5.32 Å². The molecule has 1 fully saturated rings. The molecule has 2 aromatic rings. The van der Waals surface area contributed by atoms with Gasteiger partial charge in [-0.1, -0.05) is 13.0 Å². The van der Waals surface area contributed by atoms with E-state index in [0.29, 0.717) is 12.6 Å². The normalized spacial score (nSPS) is 23.3. The lowest BCUT2D eigenvalue weighted by atomic mass is 10.0.